The van der Waals surface area contributed by atoms with Crippen molar-refractivity contribution in [2.45, 2.75) is 24.8 Å². The summed E-state index contributed by atoms with van der Waals surface area (Å²) in [6.45, 7) is 2.07. The van der Waals surface area contributed by atoms with Gasteiger partial charge in [-0.15, -0.1) is 0 Å². The number of aromatic amines is 1. The third kappa shape index (κ3) is 2.63. The number of sulfonamides is 1. The summed E-state index contributed by atoms with van der Waals surface area (Å²) in [5, 5.41) is 0.796. The van der Waals surface area contributed by atoms with Gasteiger partial charge in [0.25, 0.3) is 0 Å². The van der Waals surface area contributed by atoms with Crippen LogP contribution in [-0.4, -0.2) is 24.3 Å². The molecule has 2 heterocycles. The molecule has 7 heteroatoms. The minimum atomic E-state index is -3.73. The molecule has 0 atom stereocenters. The molecule has 1 aliphatic rings. The van der Waals surface area contributed by atoms with E-state index in [4.69, 9.17) is 0 Å². The van der Waals surface area contributed by atoms with Crippen LogP contribution >= 0.6 is 0 Å². The van der Waals surface area contributed by atoms with E-state index in [1.165, 1.54) is 28.6 Å². The van der Waals surface area contributed by atoms with Crippen LogP contribution in [0.3, 0.4) is 0 Å². The molecule has 1 aromatic heterocycles. The van der Waals surface area contributed by atoms with E-state index in [1.54, 1.807) is 13.0 Å². The average Bonchev–Trinajstić information content (AvgIpc) is 2.91. The Kier molecular flexibility index (Phi) is 3.66. The number of nitrogens with one attached hydrogen (secondary N) is 1. The van der Waals surface area contributed by atoms with Gasteiger partial charge in [-0.1, -0.05) is 0 Å². The van der Waals surface area contributed by atoms with Gasteiger partial charge in [0.2, 0.25) is 10.0 Å². The van der Waals surface area contributed by atoms with Gasteiger partial charge in [0.1, 0.15) is 11.6 Å². The van der Waals surface area contributed by atoms with Crippen molar-refractivity contribution in [2.24, 2.45) is 0 Å². The summed E-state index contributed by atoms with van der Waals surface area (Å²) in [5.74, 6) is -0.777. The van der Waals surface area contributed by atoms with Crippen LogP contribution in [0.4, 0.5) is 8.78 Å². The minimum Gasteiger partial charge on any atom is -0.357 e. The van der Waals surface area contributed by atoms with Crippen molar-refractivity contribution in [2.75, 3.05) is 6.54 Å². The van der Waals surface area contributed by atoms with Gasteiger partial charge in [-0.05, 0) is 60.9 Å². The summed E-state index contributed by atoms with van der Waals surface area (Å²) in [7, 11) is -3.73. The van der Waals surface area contributed by atoms with E-state index in [-0.39, 0.29) is 17.3 Å². The lowest BCUT2D eigenvalue weighted by Crippen LogP contribution is -2.36. The Labute approximate surface area is 144 Å². The van der Waals surface area contributed by atoms with E-state index in [0.717, 1.165) is 28.2 Å². The Morgan fingerprint density at radius 2 is 1.80 bits per heavy atom. The van der Waals surface area contributed by atoms with E-state index in [2.05, 4.69) is 4.98 Å². The van der Waals surface area contributed by atoms with Gasteiger partial charge >= 0.3 is 0 Å². The summed E-state index contributed by atoms with van der Waals surface area (Å²) in [6.07, 6.45) is 0.498. The molecule has 1 aliphatic heterocycles. The molecule has 0 unspecified atom stereocenters. The number of hydrogen-bond acceptors (Lipinski definition) is 2. The van der Waals surface area contributed by atoms with Crippen LogP contribution in [0.1, 0.15) is 16.8 Å². The fraction of sp³-hybridized carbons (Fsp3) is 0.222. The number of aromatic nitrogens is 1. The highest BCUT2D eigenvalue weighted by molar-refractivity contribution is 7.89. The molecule has 4 rings (SSSR count). The lowest BCUT2D eigenvalue weighted by molar-refractivity contribution is 0.388. The maximum Gasteiger partial charge on any atom is 0.243 e. The van der Waals surface area contributed by atoms with E-state index in [1.807, 2.05) is 0 Å². The lowest BCUT2D eigenvalue weighted by Gasteiger charge is -2.27. The first-order valence-corrected chi connectivity index (χ1v) is 9.35. The van der Waals surface area contributed by atoms with Gasteiger partial charge in [0.05, 0.1) is 11.4 Å². The van der Waals surface area contributed by atoms with Crippen LogP contribution in [0.25, 0.3) is 10.9 Å². The van der Waals surface area contributed by atoms with Crippen molar-refractivity contribution in [3.05, 3.63) is 64.9 Å². The summed E-state index contributed by atoms with van der Waals surface area (Å²) >= 11 is 0. The summed E-state index contributed by atoms with van der Waals surface area (Å²) in [4.78, 5) is 3.30. The Bertz CT molecular complexity index is 1090. The number of halogens is 2. The molecule has 0 bridgehead atoms. The number of fused-ring (bicyclic) bond motifs is 3. The lowest BCUT2D eigenvalue weighted by atomic mass is 10.0. The van der Waals surface area contributed by atoms with Crippen LogP contribution < -0.4 is 0 Å². The van der Waals surface area contributed by atoms with Gasteiger partial charge in [-0.3, -0.25) is 0 Å². The molecule has 0 radical (unpaired) electrons. The smallest absolute Gasteiger partial charge is 0.243 e. The summed E-state index contributed by atoms with van der Waals surface area (Å²) < 4.78 is 54.0. The number of benzene rings is 2. The fourth-order valence-electron chi connectivity index (χ4n) is 3.43. The van der Waals surface area contributed by atoms with Gasteiger partial charge in [0, 0.05) is 23.1 Å². The van der Waals surface area contributed by atoms with Crippen molar-refractivity contribution in [1.29, 1.82) is 0 Å². The molecule has 0 amide bonds. The number of H-pyrrole nitrogens is 1. The second-order valence-corrected chi connectivity index (χ2v) is 8.18. The first kappa shape index (κ1) is 16.2. The minimum absolute atomic E-state index is 0.111. The average molecular weight is 362 g/mol. The zero-order valence-corrected chi connectivity index (χ0v) is 14.3. The second-order valence-electron chi connectivity index (χ2n) is 6.27. The van der Waals surface area contributed by atoms with E-state index in [0.29, 0.717) is 18.5 Å². The first-order valence-electron chi connectivity index (χ1n) is 7.91. The van der Waals surface area contributed by atoms with Crippen molar-refractivity contribution in [1.82, 2.24) is 9.29 Å². The predicted octanol–water partition coefficient (Wildman–Crippen LogP) is 3.50. The van der Waals surface area contributed by atoms with Crippen molar-refractivity contribution in [3.63, 3.8) is 0 Å². The molecule has 3 aromatic rings. The van der Waals surface area contributed by atoms with Gasteiger partial charge < -0.3 is 4.98 Å². The molecule has 1 N–H and O–H groups in total. The molecule has 130 valence electrons. The van der Waals surface area contributed by atoms with Crippen molar-refractivity contribution < 1.29 is 17.2 Å². The van der Waals surface area contributed by atoms with Gasteiger partial charge in [-0.25, -0.2) is 17.2 Å². The fourth-order valence-corrected chi connectivity index (χ4v) is 5.05. The van der Waals surface area contributed by atoms with E-state index < -0.39 is 15.8 Å². The highest BCUT2D eigenvalue weighted by Crippen LogP contribution is 2.31. The SMILES string of the molecule is Cc1cc(F)ccc1S(=O)(=O)N1CCc2c([nH]c3ccc(F)cc23)C1. The van der Waals surface area contributed by atoms with E-state index in [9.17, 15) is 17.2 Å². The molecule has 25 heavy (non-hydrogen) atoms. The number of hydrogen-bond donors (Lipinski definition) is 1. The zero-order valence-electron chi connectivity index (χ0n) is 13.5. The quantitative estimate of drug-likeness (QED) is 0.759. The molecule has 4 nitrogen and oxygen atoms in total. The van der Waals surface area contributed by atoms with Crippen LogP contribution in [0.5, 0.6) is 0 Å². The van der Waals surface area contributed by atoms with E-state index >= 15 is 0 Å². The number of aryl methyl sites for hydroxylation is 1. The van der Waals surface area contributed by atoms with Crippen molar-refractivity contribution >= 4 is 20.9 Å². The van der Waals surface area contributed by atoms with Gasteiger partial charge in [0.15, 0.2) is 0 Å². The molecular weight excluding hydrogens is 346 g/mol. The second kappa shape index (κ2) is 5.64. The Morgan fingerprint density at radius 3 is 2.56 bits per heavy atom. The predicted molar refractivity (Wildman–Crippen MR) is 90.7 cm³/mol. The molecule has 0 saturated heterocycles. The standard InChI is InChI=1S/C18H16F2N2O2S/c1-11-8-12(19)3-5-18(11)25(23,24)22-7-6-14-15-9-13(20)2-4-16(15)21-17(14)10-22/h2-5,8-9,21H,6-7,10H2,1H3. The van der Waals surface area contributed by atoms with Crippen LogP contribution in [0.2, 0.25) is 0 Å². The largest absolute Gasteiger partial charge is 0.357 e. The van der Waals surface area contributed by atoms with Crippen LogP contribution in [0, 0.1) is 18.6 Å². The number of nitrogens with zero attached hydrogens (tertiary/aromatic N) is 1. The maximum absolute atomic E-state index is 13.5. The normalized spacial score (nSPS) is 15.5. The molecule has 2 aromatic carbocycles. The van der Waals surface area contributed by atoms with Crippen LogP contribution in [0.15, 0.2) is 41.3 Å². The molecule has 0 saturated carbocycles. The molecule has 0 spiro atoms. The molecule has 0 fully saturated rings. The molecular formula is C18H16F2N2O2S. The first-order chi connectivity index (χ1) is 11.9. The topological polar surface area (TPSA) is 53.2 Å². The summed E-state index contributed by atoms with van der Waals surface area (Å²) in [5.41, 5.74) is 2.90. The Morgan fingerprint density at radius 1 is 1.08 bits per heavy atom. The number of rotatable bonds is 2. The van der Waals surface area contributed by atoms with Gasteiger partial charge in [-0.2, -0.15) is 4.31 Å². The third-order valence-corrected chi connectivity index (χ3v) is 6.66. The van der Waals surface area contributed by atoms with Crippen LogP contribution in [-0.2, 0) is 23.0 Å². The monoisotopic (exact) mass is 362 g/mol. The van der Waals surface area contributed by atoms with Crippen molar-refractivity contribution in [3.8, 4) is 0 Å². The Hall–Kier alpha value is -2.25. The molecule has 0 aliphatic carbocycles. The zero-order chi connectivity index (χ0) is 17.8. The highest BCUT2D eigenvalue weighted by atomic mass is 32.2. The Balaban J connectivity index is 1.73. The maximum atomic E-state index is 13.5. The summed E-state index contributed by atoms with van der Waals surface area (Å²) in [6, 6.07) is 8.18. The highest BCUT2D eigenvalue weighted by Gasteiger charge is 2.31. The third-order valence-electron chi connectivity index (χ3n) is 4.66.